The average molecular weight is 402 g/mol. The lowest BCUT2D eigenvalue weighted by Crippen LogP contribution is -2.35. The molecule has 29 heavy (non-hydrogen) atoms. The number of nitro benzene ring substituents is 1. The first-order valence-corrected chi connectivity index (χ1v) is 8.63. The van der Waals surface area contributed by atoms with E-state index < -0.39 is 22.6 Å². The molecule has 0 heterocycles. The minimum absolute atomic E-state index is 0.0677. The van der Waals surface area contributed by atoms with Crippen LogP contribution >= 0.6 is 0 Å². The Balaban J connectivity index is 2.32. The van der Waals surface area contributed by atoms with E-state index in [1.54, 1.807) is 26.8 Å². The Morgan fingerprint density at radius 2 is 1.62 bits per heavy atom. The van der Waals surface area contributed by atoms with Crippen LogP contribution in [0.15, 0.2) is 42.5 Å². The number of carbonyl (C=O) groups excluding carboxylic acids is 2. The molecule has 9 nitrogen and oxygen atoms in total. The molecule has 0 saturated carbocycles. The maximum Gasteiger partial charge on any atom is 0.414 e. The minimum atomic E-state index is -0.699. The molecule has 0 aliphatic rings. The molecule has 0 bridgehead atoms. The largest absolute Gasteiger partial charge is 0.465 e. The number of anilines is 1. The molecule has 2 aromatic rings. The summed E-state index contributed by atoms with van der Waals surface area (Å²) in [4.78, 5) is 36.0. The zero-order chi connectivity index (χ0) is 21.8. The molecule has 2 aromatic carbocycles. The van der Waals surface area contributed by atoms with Gasteiger partial charge in [-0.1, -0.05) is 0 Å². The lowest BCUT2D eigenvalue weighted by molar-refractivity contribution is -0.384. The first-order valence-electron chi connectivity index (χ1n) is 8.63. The van der Waals surface area contributed by atoms with Crippen LogP contribution in [0.3, 0.4) is 0 Å². The topological polar surface area (TPSA) is 108 Å². The number of nitro groups is 1. The standard InChI is InChI=1S/C20H22N2O7/c1-20(2,3)29-19(24)21(4)17-11-10-15(12-16(17)18(23)27-5)28-14-8-6-13(7-9-14)22(25)26/h6-12H,1-5H3. The van der Waals surface area contributed by atoms with E-state index in [9.17, 15) is 19.7 Å². The number of non-ortho nitro benzene ring substituents is 1. The average Bonchev–Trinajstić information content (AvgIpc) is 2.65. The highest BCUT2D eigenvalue weighted by Gasteiger charge is 2.25. The van der Waals surface area contributed by atoms with Gasteiger partial charge in [0.25, 0.3) is 5.69 Å². The Morgan fingerprint density at radius 1 is 1.03 bits per heavy atom. The molecule has 2 rings (SSSR count). The van der Waals surface area contributed by atoms with Gasteiger partial charge in [-0.15, -0.1) is 0 Å². The predicted octanol–water partition coefficient (Wildman–Crippen LogP) is 4.55. The molecular weight excluding hydrogens is 380 g/mol. The molecule has 154 valence electrons. The molecule has 1 amide bonds. The van der Waals surface area contributed by atoms with Crippen molar-refractivity contribution in [3.63, 3.8) is 0 Å². The number of ether oxygens (including phenoxy) is 3. The van der Waals surface area contributed by atoms with E-state index in [2.05, 4.69) is 0 Å². The number of benzene rings is 2. The molecule has 0 aliphatic carbocycles. The molecule has 0 aliphatic heterocycles. The zero-order valence-electron chi connectivity index (χ0n) is 16.8. The van der Waals surface area contributed by atoms with Crippen molar-refractivity contribution in [3.8, 4) is 11.5 Å². The van der Waals surface area contributed by atoms with Crippen molar-refractivity contribution in [2.24, 2.45) is 0 Å². The lowest BCUT2D eigenvalue weighted by Gasteiger charge is -2.25. The van der Waals surface area contributed by atoms with E-state index in [0.29, 0.717) is 11.5 Å². The normalized spacial score (nSPS) is 10.8. The molecule has 0 radical (unpaired) electrons. The van der Waals surface area contributed by atoms with Crippen LogP contribution in [0.25, 0.3) is 0 Å². The fourth-order valence-corrected chi connectivity index (χ4v) is 2.35. The van der Waals surface area contributed by atoms with Crippen molar-refractivity contribution in [2.45, 2.75) is 26.4 Å². The first-order chi connectivity index (χ1) is 13.5. The summed E-state index contributed by atoms with van der Waals surface area (Å²) in [6.45, 7) is 5.21. The van der Waals surface area contributed by atoms with Gasteiger partial charge in [0.15, 0.2) is 0 Å². The van der Waals surface area contributed by atoms with E-state index in [4.69, 9.17) is 14.2 Å². The molecule has 0 unspecified atom stereocenters. The van der Waals surface area contributed by atoms with Gasteiger partial charge in [-0.2, -0.15) is 0 Å². The fourth-order valence-electron chi connectivity index (χ4n) is 2.35. The Bertz CT molecular complexity index is 917. The summed E-state index contributed by atoms with van der Waals surface area (Å²) in [5.74, 6) is -0.0233. The molecule has 0 aromatic heterocycles. The van der Waals surface area contributed by atoms with Crippen LogP contribution in [-0.4, -0.2) is 36.7 Å². The molecule has 0 atom stereocenters. The van der Waals surface area contributed by atoms with Crippen molar-refractivity contribution in [1.82, 2.24) is 0 Å². The van der Waals surface area contributed by atoms with Crippen LogP contribution in [0, 0.1) is 10.1 Å². The number of amides is 1. The highest BCUT2D eigenvalue weighted by atomic mass is 16.6. The van der Waals surface area contributed by atoms with Gasteiger partial charge in [0.05, 0.1) is 23.3 Å². The van der Waals surface area contributed by atoms with Crippen molar-refractivity contribution in [2.75, 3.05) is 19.1 Å². The number of nitrogens with zero attached hydrogens (tertiary/aromatic N) is 2. The van der Waals surface area contributed by atoms with Gasteiger partial charge in [0.2, 0.25) is 0 Å². The number of hydrogen-bond donors (Lipinski definition) is 0. The molecule has 9 heteroatoms. The fraction of sp³-hybridized carbons (Fsp3) is 0.300. The van der Waals surface area contributed by atoms with Gasteiger partial charge in [0.1, 0.15) is 17.1 Å². The van der Waals surface area contributed by atoms with Crippen LogP contribution in [0.4, 0.5) is 16.2 Å². The number of rotatable bonds is 5. The summed E-state index contributed by atoms with van der Waals surface area (Å²) in [7, 11) is 2.70. The third kappa shape index (κ3) is 5.68. The summed E-state index contributed by atoms with van der Waals surface area (Å²) < 4.78 is 15.8. The third-order valence-corrected chi connectivity index (χ3v) is 3.69. The van der Waals surface area contributed by atoms with E-state index in [-0.39, 0.29) is 16.9 Å². The van der Waals surface area contributed by atoms with E-state index in [1.807, 2.05) is 0 Å². The highest BCUT2D eigenvalue weighted by Crippen LogP contribution is 2.30. The van der Waals surface area contributed by atoms with Crippen molar-refractivity contribution in [3.05, 3.63) is 58.1 Å². The second-order valence-electron chi connectivity index (χ2n) is 7.06. The minimum Gasteiger partial charge on any atom is -0.465 e. The quantitative estimate of drug-likeness (QED) is 0.410. The lowest BCUT2D eigenvalue weighted by atomic mass is 10.1. The number of methoxy groups -OCH3 is 1. The van der Waals surface area contributed by atoms with Crippen LogP contribution in [0.1, 0.15) is 31.1 Å². The molecule has 0 N–H and O–H groups in total. The van der Waals surface area contributed by atoms with E-state index in [1.165, 1.54) is 55.5 Å². The smallest absolute Gasteiger partial charge is 0.414 e. The third-order valence-electron chi connectivity index (χ3n) is 3.69. The van der Waals surface area contributed by atoms with Crippen LogP contribution < -0.4 is 9.64 Å². The Kier molecular flexibility index (Phi) is 6.42. The summed E-state index contributed by atoms with van der Waals surface area (Å²) in [5.41, 5.74) is -0.389. The zero-order valence-corrected chi connectivity index (χ0v) is 16.8. The molecular formula is C20H22N2O7. The van der Waals surface area contributed by atoms with Gasteiger partial charge < -0.3 is 14.2 Å². The Hall–Kier alpha value is -3.62. The highest BCUT2D eigenvalue weighted by molar-refractivity contribution is 6.01. The maximum atomic E-state index is 12.4. The SMILES string of the molecule is COC(=O)c1cc(Oc2ccc([N+](=O)[O-])cc2)ccc1N(C)C(=O)OC(C)(C)C. The molecule has 0 saturated heterocycles. The van der Waals surface area contributed by atoms with Crippen molar-refractivity contribution >= 4 is 23.4 Å². The molecule has 0 spiro atoms. The predicted molar refractivity (Wildman–Crippen MR) is 106 cm³/mol. The van der Waals surface area contributed by atoms with Crippen molar-refractivity contribution < 1.29 is 28.7 Å². The number of carbonyl (C=O) groups is 2. The second kappa shape index (κ2) is 8.59. The maximum absolute atomic E-state index is 12.4. The monoisotopic (exact) mass is 402 g/mol. The van der Waals surface area contributed by atoms with E-state index in [0.717, 1.165) is 0 Å². The van der Waals surface area contributed by atoms with Gasteiger partial charge >= 0.3 is 12.1 Å². The van der Waals surface area contributed by atoms with Crippen LogP contribution in [0.5, 0.6) is 11.5 Å². The van der Waals surface area contributed by atoms with Gasteiger partial charge in [-0.25, -0.2) is 9.59 Å². The van der Waals surface area contributed by atoms with Gasteiger partial charge in [-0.3, -0.25) is 15.0 Å². The number of hydrogen-bond acceptors (Lipinski definition) is 7. The Labute approximate surface area is 167 Å². The first kappa shape index (κ1) is 21.7. The van der Waals surface area contributed by atoms with Crippen LogP contribution in [-0.2, 0) is 9.47 Å². The Morgan fingerprint density at radius 3 is 2.14 bits per heavy atom. The van der Waals surface area contributed by atoms with Crippen LogP contribution in [0.2, 0.25) is 0 Å². The van der Waals surface area contributed by atoms with E-state index >= 15 is 0 Å². The van der Waals surface area contributed by atoms with Gasteiger partial charge in [0, 0.05) is 19.2 Å². The summed E-state index contributed by atoms with van der Waals surface area (Å²) >= 11 is 0. The summed E-state index contributed by atoms with van der Waals surface area (Å²) in [5, 5.41) is 10.7. The second-order valence-corrected chi connectivity index (χ2v) is 7.06. The summed E-state index contributed by atoms with van der Waals surface area (Å²) in [6.07, 6.45) is -0.633. The summed E-state index contributed by atoms with van der Waals surface area (Å²) in [6, 6.07) is 10.0. The van der Waals surface area contributed by atoms with Crippen molar-refractivity contribution in [1.29, 1.82) is 0 Å². The van der Waals surface area contributed by atoms with Gasteiger partial charge in [-0.05, 0) is 51.1 Å². The molecule has 0 fully saturated rings. The number of esters is 1.